The molecular formula is C30H49NO6. The van der Waals surface area contributed by atoms with Crippen LogP contribution < -0.4 is 0 Å². The molecule has 2 aliphatic carbocycles. The van der Waals surface area contributed by atoms with E-state index in [-0.39, 0.29) is 11.5 Å². The van der Waals surface area contributed by atoms with Crippen LogP contribution in [0.5, 0.6) is 0 Å². The zero-order valence-corrected chi connectivity index (χ0v) is 23.5. The van der Waals surface area contributed by atoms with Crippen LogP contribution >= 0.6 is 0 Å². The van der Waals surface area contributed by atoms with E-state index in [1.807, 2.05) is 0 Å². The van der Waals surface area contributed by atoms with Gasteiger partial charge in [-0.1, -0.05) is 37.6 Å². The van der Waals surface area contributed by atoms with Crippen LogP contribution in [0.4, 0.5) is 0 Å². The van der Waals surface area contributed by atoms with Gasteiger partial charge in [-0.25, -0.2) is 0 Å². The Bertz CT molecular complexity index is 817. The first-order valence-corrected chi connectivity index (χ1v) is 14.3. The highest BCUT2D eigenvalue weighted by molar-refractivity contribution is 5.44. The minimum Gasteiger partial charge on any atom is -0.382 e. The molecule has 7 heteroatoms. The largest absolute Gasteiger partial charge is 0.382 e. The lowest BCUT2D eigenvalue weighted by atomic mass is 9.58. The molecule has 1 aliphatic heterocycles. The fourth-order valence-electron chi connectivity index (χ4n) is 6.05. The van der Waals surface area contributed by atoms with Crippen LogP contribution in [0, 0.1) is 18.8 Å². The van der Waals surface area contributed by atoms with Crippen LogP contribution in [0.2, 0.25) is 0 Å². The number of likely N-dealkylation sites (tertiary alicyclic amines) is 1. The Morgan fingerprint density at radius 3 is 2.05 bits per heavy atom. The average molecular weight is 520 g/mol. The first kappa shape index (κ1) is 28.9. The predicted octanol–water partition coefficient (Wildman–Crippen LogP) is 4.16. The Morgan fingerprint density at radius 1 is 0.865 bits per heavy atom. The lowest BCUT2D eigenvalue weighted by Gasteiger charge is -2.57. The number of aryl methyl sites for hydroxylation is 1. The highest BCUT2D eigenvalue weighted by Crippen LogP contribution is 2.54. The number of hydrogen-bond donors (Lipinski definition) is 0. The monoisotopic (exact) mass is 519 g/mol. The van der Waals surface area contributed by atoms with E-state index in [1.165, 1.54) is 49.0 Å². The summed E-state index contributed by atoms with van der Waals surface area (Å²) in [5, 5.41) is 0. The molecule has 1 saturated carbocycles. The van der Waals surface area contributed by atoms with Crippen molar-refractivity contribution < 1.29 is 28.4 Å². The van der Waals surface area contributed by atoms with Crippen LogP contribution in [0.15, 0.2) is 18.2 Å². The van der Waals surface area contributed by atoms with E-state index in [1.54, 1.807) is 7.11 Å². The summed E-state index contributed by atoms with van der Waals surface area (Å²) >= 11 is 0. The summed E-state index contributed by atoms with van der Waals surface area (Å²) in [6.07, 6.45) is 4.12. The molecule has 4 rings (SSSR count). The quantitative estimate of drug-likeness (QED) is 0.270. The molecule has 0 unspecified atom stereocenters. The molecule has 0 amide bonds. The molecule has 1 aromatic rings. The molecule has 2 fully saturated rings. The average Bonchev–Trinajstić information content (AvgIpc) is 3.71. The number of ether oxygens (including phenoxy) is 6. The topological polar surface area (TPSA) is 58.6 Å². The number of piperidine rings is 1. The van der Waals surface area contributed by atoms with E-state index in [0.29, 0.717) is 78.0 Å². The highest BCUT2D eigenvalue weighted by atomic mass is 16.6. The van der Waals surface area contributed by atoms with Crippen molar-refractivity contribution in [2.24, 2.45) is 11.8 Å². The molecule has 37 heavy (non-hydrogen) atoms. The molecule has 2 bridgehead atoms. The summed E-state index contributed by atoms with van der Waals surface area (Å²) in [7, 11) is 1.67. The van der Waals surface area contributed by atoms with E-state index < -0.39 is 0 Å². The van der Waals surface area contributed by atoms with Crippen LogP contribution in [0.3, 0.4) is 0 Å². The minimum atomic E-state index is 0.105. The lowest BCUT2D eigenvalue weighted by Crippen LogP contribution is -2.60. The maximum Gasteiger partial charge on any atom is 0.0986 e. The first-order chi connectivity index (χ1) is 18.0. The molecule has 210 valence electrons. The van der Waals surface area contributed by atoms with Gasteiger partial charge in [0.25, 0.3) is 0 Å². The first-order valence-electron chi connectivity index (χ1n) is 14.3. The van der Waals surface area contributed by atoms with Gasteiger partial charge in [-0.3, -0.25) is 4.90 Å². The van der Waals surface area contributed by atoms with Crippen LogP contribution in [-0.4, -0.2) is 97.2 Å². The number of methoxy groups -OCH3 is 1. The van der Waals surface area contributed by atoms with Crippen LogP contribution in [0.1, 0.15) is 55.9 Å². The van der Waals surface area contributed by atoms with Crippen molar-refractivity contribution in [3.63, 3.8) is 0 Å². The summed E-state index contributed by atoms with van der Waals surface area (Å²) < 4.78 is 33.9. The zero-order valence-electron chi connectivity index (χ0n) is 23.5. The van der Waals surface area contributed by atoms with Gasteiger partial charge in [-0.2, -0.15) is 0 Å². The van der Waals surface area contributed by atoms with Crippen molar-refractivity contribution in [1.82, 2.24) is 4.90 Å². The number of hydrogen-bond acceptors (Lipinski definition) is 7. The van der Waals surface area contributed by atoms with Gasteiger partial charge in [0.15, 0.2) is 0 Å². The Labute approximate surface area is 224 Å². The summed E-state index contributed by atoms with van der Waals surface area (Å²) in [4.78, 5) is 2.75. The van der Waals surface area contributed by atoms with E-state index in [9.17, 15) is 0 Å². The SMILES string of the molecule is COCCOCCOCCOCCOCCO[C@@H]1c2ccc(C)cc2[C@]2(C)CCN(CC3CC3)[C@H]1[C@@H]2C. The Kier molecular flexibility index (Phi) is 11.2. The van der Waals surface area contributed by atoms with Gasteiger partial charge in [-0.05, 0) is 61.1 Å². The third-order valence-electron chi connectivity index (χ3n) is 8.56. The minimum absolute atomic E-state index is 0.105. The smallest absolute Gasteiger partial charge is 0.0986 e. The van der Waals surface area contributed by atoms with Gasteiger partial charge in [0, 0.05) is 19.7 Å². The van der Waals surface area contributed by atoms with Crippen molar-refractivity contribution in [3.05, 3.63) is 34.9 Å². The van der Waals surface area contributed by atoms with Gasteiger partial charge < -0.3 is 28.4 Å². The second-order valence-corrected chi connectivity index (χ2v) is 11.2. The van der Waals surface area contributed by atoms with Crippen LogP contribution in [0.25, 0.3) is 0 Å². The second kappa shape index (κ2) is 14.4. The molecule has 7 nitrogen and oxygen atoms in total. The molecule has 0 radical (unpaired) electrons. The Hall–Kier alpha value is -1.06. The van der Waals surface area contributed by atoms with Gasteiger partial charge in [0.05, 0.1) is 72.2 Å². The van der Waals surface area contributed by atoms with Gasteiger partial charge in [0.1, 0.15) is 0 Å². The number of rotatable bonds is 18. The molecular weight excluding hydrogens is 470 g/mol. The molecule has 0 aromatic heterocycles. The maximum atomic E-state index is 6.64. The van der Waals surface area contributed by atoms with E-state index in [2.05, 4.69) is 43.9 Å². The molecule has 1 saturated heterocycles. The summed E-state index contributed by atoms with van der Waals surface area (Å²) in [5.74, 6) is 1.45. The molecule has 0 spiro atoms. The number of benzene rings is 1. The summed E-state index contributed by atoms with van der Waals surface area (Å²) in [5.41, 5.74) is 4.46. The van der Waals surface area contributed by atoms with E-state index >= 15 is 0 Å². The molecule has 3 aliphatic rings. The summed E-state index contributed by atoms with van der Waals surface area (Å²) in [6, 6.07) is 7.43. The second-order valence-electron chi connectivity index (χ2n) is 11.2. The predicted molar refractivity (Wildman–Crippen MR) is 144 cm³/mol. The molecule has 1 aromatic carbocycles. The Balaban J connectivity index is 1.18. The maximum absolute atomic E-state index is 6.64. The third-order valence-corrected chi connectivity index (χ3v) is 8.56. The number of fused-ring (bicyclic) bond motifs is 4. The lowest BCUT2D eigenvalue weighted by molar-refractivity contribution is -0.0978. The van der Waals surface area contributed by atoms with Crippen LogP contribution in [-0.2, 0) is 33.8 Å². The Morgan fingerprint density at radius 2 is 1.46 bits per heavy atom. The normalized spacial score (nSPS) is 27.4. The van der Waals surface area contributed by atoms with Gasteiger partial charge in [-0.15, -0.1) is 0 Å². The third kappa shape index (κ3) is 7.75. The summed E-state index contributed by atoms with van der Waals surface area (Å²) in [6.45, 7) is 15.3. The van der Waals surface area contributed by atoms with E-state index in [0.717, 1.165) is 5.92 Å². The van der Waals surface area contributed by atoms with Crippen molar-refractivity contribution in [2.45, 2.75) is 57.6 Å². The fraction of sp³-hybridized carbons (Fsp3) is 0.800. The van der Waals surface area contributed by atoms with Gasteiger partial charge in [0.2, 0.25) is 0 Å². The van der Waals surface area contributed by atoms with Crippen molar-refractivity contribution in [2.75, 3.05) is 86.3 Å². The van der Waals surface area contributed by atoms with E-state index in [4.69, 9.17) is 28.4 Å². The van der Waals surface area contributed by atoms with Crippen molar-refractivity contribution in [1.29, 1.82) is 0 Å². The molecule has 0 N–H and O–H groups in total. The molecule has 1 heterocycles. The van der Waals surface area contributed by atoms with Crippen molar-refractivity contribution in [3.8, 4) is 0 Å². The molecule has 4 atom stereocenters. The highest BCUT2D eigenvalue weighted by Gasteiger charge is 2.53. The standard InChI is InChI=1S/C30H49NO6/c1-23-5-8-26-27(21-23)30(3)9-10-31(22-25-6-7-25)28(24(30)2)29(26)37-20-19-36-18-17-35-16-15-34-14-13-33-12-11-32-4/h5,8,21,24-25,28-29H,6-7,9-20,22H2,1-4H3/t24-,28-,29+,30+/m0/s1. The zero-order chi connectivity index (χ0) is 26.1. The van der Waals surface area contributed by atoms with Gasteiger partial charge >= 0.3 is 0 Å². The fourth-order valence-corrected chi connectivity index (χ4v) is 6.05. The van der Waals surface area contributed by atoms with Crippen molar-refractivity contribution >= 4 is 0 Å². The number of nitrogens with zero attached hydrogens (tertiary/aromatic N) is 1.